The number of aliphatic hydroxyl groups is 1. The molecule has 20 heavy (non-hydrogen) atoms. The third-order valence-electron chi connectivity index (χ3n) is 3.68. The number of carbonyl (C=O) groups is 1. The molecule has 0 aliphatic heterocycles. The molecule has 1 heterocycles. The van der Waals surface area contributed by atoms with Gasteiger partial charge >= 0.3 is 0 Å². The number of nitrogens with two attached hydrogens (primary N) is 1. The fourth-order valence-electron chi connectivity index (χ4n) is 2.48. The first kappa shape index (κ1) is 16.9. The SMILES string of the molecule is Cl.NCc1cc(C(=O)NCC2CCCCC2O)ccn1. The molecule has 1 aliphatic rings. The van der Waals surface area contributed by atoms with Crippen molar-refractivity contribution in [1.29, 1.82) is 0 Å². The van der Waals surface area contributed by atoms with E-state index in [-0.39, 0.29) is 30.3 Å². The van der Waals surface area contributed by atoms with E-state index in [1.807, 2.05) is 0 Å². The minimum absolute atomic E-state index is 0. The second-order valence-corrected chi connectivity index (χ2v) is 5.06. The lowest BCUT2D eigenvalue weighted by Crippen LogP contribution is -2.36. The van der Waals surface area contributed by atoms with Crippen molar-refractivity contribution in [2.45, 2.75) is 38.3 Å². The Bertz CT molecular complexity index is 442. The van der Waals surface area contributed by atoms with Crippen LogP contribution in [0.3, 0.4) is 0 Å². The number of nitrogens with zero attached hydrogens (tertiary/aromatic N) is 1. The first-order valence-corrected chi connectivity index (χ1v) is 6.82. The molecule has 112 valence electrons. The van der Waals surface area contributed by atoms with E-state index in [4.69, 9.17) is 5.73 Å². The van der Waals surface area contributed by atoms with Crippen LogP contribution in [-0.2, 0) is 6.54 Å². The molecule has 2 rings (SSSR count). The van der Waals surface area contributed by atoms with Crippen molar-refractivity contribution in [1.82, 2.24) is 10.3 Å². The number of aromatic nitrogens is 1. The molecule has 4 N–H and O–H groups in total. The summed E-state index contributed by atoms with van der Waals surface area (Å²) in [5.41, 5.74) is 6.77. The predicted octanol–water partition coefficient (Wildman–Crippen LogP) is 1.24. The van der Waals surface area contributed by atoms with E-state index in [0.29, 0.717) is 24.3 Å². The van der Waals surface area contributed by atoms with Gasteiger partial charge in [0.05, 0.1) is 11.8 Å². The van der Waals surface area contributed by atoms with Gasteiger partial charge in [-0.3, -0.25) is 9.78 Å². The number of pyridine rings is 1. The van der Waals surface area contributed by atoms with E-state index in [1.165, 1.54) is 0 Å². The van der Waals surface area contributed by atoms with E-state index in [1.54, 1.807) is 18.3 Å². The number of nitrogens with one attached hydrogen (secondary N) is 1. The number of carbonyl (C=O) groups excluding carboxylic acids is 1. The molecule has 1 aliphatic carbocycles. The van der Waals surface area contributed by atoms with Crippen molar-refractivity contribution in [3.05, 3.63) is 29.6 Å². The molecule has 2 unspecified atom stereocenters. The third-order valence-corrected chi connectivity index (χ3v) is 3.68. The summed E-state index contributed by atoms with van der Waals surface area (Å²) < 4.78 is 0. The topological polar surface area (TPSA) is 88.2 Å². The Morgan fingerprint density at radius 1 is 1.45 bits per heavy atom. The number of rotatable bonds is 4. The zero-order valence-electron chi connectivity index (χ0n) is 11.4. The van der Waals surface area contributed by atoms with Crippen LogP contribution in [0.25, 0.3) is 0 Å². The maximum atomic E-state index is 12.0. The fourth-order valence-corrected chi connectivity index (χ4v) is 2.48. The Balaban J connectivity index is 0.00000200. The van der Waals surface area contributed by atoms with Crippen molar-refractivity contribution >= 4 is 18.3 Å². The number of halogens is 1. The molecule has 0 saturated heterocycles. The minimum atomic E-state index is -0.286. The molecular formula is C14H22ClN3O2. The lowest BCUT2D eigenvalue weighted by atomic mass is 9.86. The maximum Gasteiger partial charge on any atom is 0.251 e. The third kappa shape index (κ3) is 4.44. The number of hydrogen-bond donors (Lipinski definition) is 3. The molecule has 1 amide bonds. The van der Waals surface area contributed by atoms with E-state index in [9.17, 15) is 9.90 Å². The maximum absolute atomic E-state index is 12.0. The first-order valence-electron chi connectivity index (χ1n) is 6.82. The zero-order chi connectivity index (χ0) is 13.7. The van der Waals surface area contributed by atoms with Gasteiger partial charge in [-0.2, -0.15) is 0 Å². The Labute approximate surface area is 125 Å². The number of amides is 1. The normalized spacial score (nSPS) is 21.9. The van der Waals surface area contributed by atoms with Crippen molar-refractivity contribution in [3.63, 3.8) is 0 Å². The van der Waals surface area contributed by atoms with Crippen LogP contribution in [0.1, 0.15) is 41.7 Å². The van der Waals surface area contributed by atoms with Gasteiger partial charge in [-0.05, 0) is 25.0 Å². The fraction of sp³-hybridized carbons (Fsp3) is 0.571. The summed E-state index contributed by atoms with van der Waals surface area (Å²) >= 11 is 0. The Kier molecular flexibility index (Phi) is 6.91. The summed E-state index contributed by atoms with van der Waals surface area (Å²) in [7, 11) is 0. The molecule has 1 aromatic heterocycles. The monoisotopic (exact) mass is 299 g/mol. The van der Waals surface area contributed by atoms with Crippen LogP contribution < -0.4 is 11.1 Å². The molecule has 1 aromatic rings. The van der Waals surface area contributed by atoms with E-state index in [2.05, 4.69) is 10.3 Å². The lowest BCUT2D eigenvalue weighted by Gasteiger charge is -2.27. The average molecular weight is 300 g/mol. The van der Waals surface area contributed by atoms with Crippen LogP contribution in [-0.4, -0.2) is 28.6 Å². The van der Waals surface area contributed by atoms with Crippen LogP contribution in [0.2, 0.25) is 0 Å². The molecular weight excluding hydrogens is 278 g/mol. The highest BCUT2D eigenvalue weighted by Gasteiger charge is 2.23. The van der Waals surface area contributed by atoms with Crippen LogP contribution >= 0.6 is 12.4 Å². The average Bonchev–Trinajstić information content (AvgIpc) is 2.46. The molecule has 0 aromatic carbocycles. The highest BCUT2D eigenvalue weighted by atomic mass is 35.5. The van der Waals surface area contributed by atoms with Gasteiger partial charge in [0.25, 0.3) is 5.91 Å². The van der Waals surface area contributed by atoms with Crippen molar-refractivity contribution in [2.24, 2.45) is 11.7 Å². The molecule has 0 radical (unpaired) electrons. The summed E-state index contributed by atoms with van der Waals surface area (Å²) in [4.78, 5) is 16.1. The van der Waals surface area contributed by atoms with E-state index < -0.39 is 0 Å². The highest BCUT2D eigenvalue weighted by Crippen LogP contribution is 2.23. The van der Waals surface area contributed by atoms with Gasteiger partial charge in [-0.1, -0.05) is 12.8 Å². The molecule has 1 saturated carbocycles. The molecule has 6 heteroatoms. The lowest BCUT2D eigenvalue weighted by molar-refractivity contribution is 0.0663. The second kappa shape index (κ2) is 8.19. The minimum Gasteiger partial charge on any atom is -0.393 e. The van der Waals surface area contributed by atoms with Gasteiger partial charge < -0.3 is 16.2 Å². The van der Waals surface area contributed by atoms with Crippen LogP contribution in [0.4, 0.5) is 0 Å². The summed E-state index contributed by atoms with van der Waals surface area (Å²) in [6.07, 6.45) is 5.33. The molecule has 2 atom stereocenters. The zero-order valence-corrected chi connectivity index (χ0v) is 12.2. The Morgan fingerprint density at radius 3 is 2.90 bits per heavy atom. The van der Waals surface area contributed by atoms with Gasteiger partial charge in [0.15, 0.2) is 0 Å². The largest absolute Gasteiger partial charge is 0.393 e. The van der Waals surface area contributed by atoms with Gasteiger partial charge in [0, 0.05) is 30.8 Å². The van der Waals surface area contributed by atoms with E-state index >= 15 is 0 Å². The Hall–Kier alpha value is -1.17. The van der Waals surface area contributed by atoms with Crippen LogP contribution in [0, 0.1) is 5.92 Å². The first-order chi connectivity index (χ1) is 9.20. The summed E-state index contributed by atoms with van der Waals surface area (Å²) in [6, 6.07) is 3.37. The molecule has 0 spiro atoms. The highest BCUT2D eigenvalue weighted by molar-refractivity contribution is 5.94. The standard InChI is InChI=1S/C14H21N3O2.ClH/c15-8-12-7-10(5-6-16-12)14(19)17-9-11-3-1-2-4-13(11)18;/h5-7,11,13,18H,1-4,8-9,15H2,(H,17,19);1H. The van der Waals surface area contributed by atoms with Crippen LogP contribution in [0.5, 0.6) is 0 Å². The quantitative estimate of drug-likeness (QED) is 0.780. The number of hydrogen-bond acceptors (Lipinski definition) is 4. The van der Waals surface area contributed by atoms with Crippen molar-refractivity contribution in [3.8, 4) is 0 Å². The van der Waals surface area contributed by atoms with Crippen LogP contribution in [0.15, 0.2) is 18.3 Å². The van der Waals surface area contributed by atoms with Gasteiger partial charge in [0.2, 0.25) is 0 Å². The predicted molar refractivity (Wildman–Crippen MR) is 79.7 cm³/mol. The smallest absolute Gasteiger partial charge is 0.251 e. The van der Waals surface area contributed by atoms with Gasteiger partial charge in [-0.25, -0.2) is 0 Å². The Morgan fingerprint density at radius 2 is 2.20 bits per heavy atom. The summed E-state index contributed by atoms with van der Waals surface area (Å²) in [6.45, 7) is 0.850. The summed E-state index contributed by atoms with van der Waals surface area (Å²) in [5, 5.41) is 12.7. The molecule has 1 fully saturated rings. The summed E-state index contributed by atoms with van der Waals surface area (Å²) in [5.74, 6) is 0.0448. The second-order valence-electron chi connectivity index (χ2n) is 5.06. The molecule has 5 nitrogen and oxygen atoms in total. The van der Waals surface area contributed by atoms with Gasteiger partial charge in [0.1, 0.15) is 0 Å². The number of aliphatic hydroxyl groups excluding tert-OH is 1. The van der Waals surface area contributed by atoms with Crippen molar-refractivity contribution < 1.29 is 9.90 Å². The van der Waals surface area contributed by atoms with Gasteiger partial charge in [-0.15, -0.1) is 12.4 Å². The van der Waals surface area contributed by atoms with E-state index in [0.717, 1.165) is 25.7 Å². The van der Waals surface area contributed by atoms with Crippen molar-refractivity contribution in [2.75, 3.05) is 6.54 Å². The molecule has 0 bridgehead atoms.